The predicted octanol–water partition coefficient (Wildman–Crippen LogP) is 3.04. The van der Waals surface area contributed by atoms with Gasteiger partial charge in [0.25, 0.3) is 0 Å². The molecule has 2 heterocycles. The molecule has 0 aromatic carbocycles. The third kappa shape index (κ3) is 5.55. The molecule has 21 heavy (non-hydrogen) atoms. The first-order chi connectivity index (χ1) is 9.83. The Bertz CT molecular complexity index is 404. The Hall–Kier alpha value is -0.680. The molecule has 0 aliphatic carbocycles. The van der Waals surface area contributed by atoms with Crippen LogP contribution in [0.15, 0.2) is 11.6 Å². The molecule has 0 spiro atoms. The third-order valence-electron chi connectivity index (χ3n) is 3.77. The highest BCUT2D eigenvalue weighted by atomic mass is 32.2. The minimum atomic E-state index is -0.417. The molecule has 0 saturated carbocycles. The van der Waals surface area contributed by atoms with Gasteiger partial charge in [-0.1, -0.05) is 18.6 Å². The summed E-state index contributed by atoms with van der Waals surface area (Å²) in [6.07, 6.45) is 4.18. The van der Waals surface area contributed by atoms with Gasteiger partial charge in [0, 0.05) is 36.7 Å². The second-order valence-corrected chi connectivity index (χ2v) is 8.47. The zero-order valence-electron chi connectivity index (χ0n) is 13.6. The first-order valence-electron chi connectivity index (χ1n) is 7.84. The van der Waals surface area contributed by atoms with Gasteiger partial charge < -0.3 is 15.0 Å². The van der Waals surface area contributed by atoms with E-state index in [1.54, 1.807) is 4.90 Å². The number of rotatable bonds is 3. The summed E-state index contributed by atoms with van der Waals surface area (Å²) in [5, 5.41) is 4.42. The number of hydrogen-bond donors (Lipinski definition) is 1. The number of nitrogens with zero attached hydrogens (tertiary/aromatic N) is 1. The van der Waals surface area contributed by atoms with Gasteiger partial charge in [0.05, 0.1) is 0 Å². The molecule has 5 heteroatoms. The van der Waals surface area contributed by atoms with E-state index in [1.165, 1.54) is 17.7 Å². The van der Waals surface area contributed by atoms with Crippen molar-refractivity contribution in [2.24, 2.45) is 0 Å². The van der Waals surface area contributed by atoms with Crippen LogP contribution in [0, 0.1) is 0 Å². The lowest BCUT2D eigenvalue weighted by Crippen LogP contribution is -2.40. The summed E-state index contributed by atoms with van der Waals surface area (Å²) in [6.45, 7) is 10.4. The van der Waals surface area contributed by atoms with Crippen LogP contribution in [-0.2, 0) is 4.74 Å². The van der Waals surface area contributed by atoms with Crippen LogP contribution < -0.4 is 5.32 Å². The zero-order valence-corrected chi connectivity index (χ0v) is 14.5. The summed E-state index contributed by atoms with van der Waals surface area (Å²) in [5.74, 6) is 1.22. The average Bonchev–Trinajstić information content (AvgIpc) is 2.81. The van der Waals surface area contributed by atoms with E-state index in [-0.39, 0.29) is 6.09 Å². The highest BCUT2D eigenvalue weighted by Gasteiger charge is 2.24. The van der Waals surface area contributed by atoms with Gasteiger partial charge in [0.2, 0.25) is 0 Å². The van der Waals surface area contributed by atoms with Crippen molar-refractivity contribution in [3.8, 4) is 0 Å². The van der Waals surface area contributed by atoms with Crippen LogP contribution >= 0.6 is 11.8 Å². The first-order valence-corrected chi connectivity index (χ1v) is 8.89. The second kappa shape index (κ2) is 7.05. The van der Waals surface area contributed by atoms with Crippen LogP contribution in [0.4, 0.5) is 4.79 Å². The summed E-state index contributed by atoms with van der Waals surface area (Å²) in [7, 11) is 0. The Morgan fingerprint density at radius 1 is 1.52 bits per heavy atom. The van der Waals surface area contributed by atoms with Gasteiger partial charge in [0.15, 0.2) is 0 Å². The highest BCUT2D eigenvalue weighted by molar-refractivity contribution is 8.00. The van der Waals surface area contributed by atoms with E-state index in [2.05, 4.69) is 30.1 Å². The molecule has 2 atom stereocenters. The third-order valence-corrected chi connectivity index (χ3v) is 5.13. The van der Waals surface area contributed by atoms with Crippen molar-refractivity contribution in [2.75, 3.05) is 25.4 Å². The molecule has 1 N–H and O–H groups in total. The van der Waals surface area contributed by atoms with E-state index in [0.29, 0.717) is 12.6 Å². The maximum Gasteiger partial charge on any atom is 0.410 e. The number of hydrogen-bond acceptors (Lipinski definition) is 4. The topological polar surface area (TPSA) is 41.6 Å². The highest BCUT2D eigenvalue weighted by Crippen LogP contribution is 2.26. The Kier molecular flexibility index (Phi) is 5.60. The molecule has 2 aliphatic heterocycles. The molecule has 0 aromatic heterocycles. The fourth-order valence-corrected chi connectivity index (χ4v) is 3.78. The quantitative estimate of drug-likeness (QED) is 0.813. The van der Waals surface area contributed by atoms with Crippen LogP contribution in [-0.4, -0.2) is 53.3 Å². The van der Waals surface area contributed by atoms with Crippen molar-refractivity contribution in [3.63, 3.8) is 0 Å². The predicted molar refractivity (Wildman–Crippen MR) is 88.8 cm³/mol. The molecule has 1 fully saturated rings. The van der Waals surface area contributed by atoms with Crippen molar-refractivity contribution >= 4 is 17.9 Å². The summed E-state index contributed by atoms with van der Waals surface area (Å²) < 4.78 is 5.40. The van der Waals surface area contributed by atoms with Gasteiger partial charge in [-0.15, -0.1) is 0 Å². The van der Waals surface area contributed by atoms with Crippen molar-refractivity contribution in [3.05, 3.63) is 11.6 Å². The molecular formula is C16H28N2O2S. The van der Waals surface area contributed by atoms with Crippen molar-refractivity contribution in [1.29, 1.82) is 0 Å². The first kappa shape index (κ1) is 16.7. The number of carbonyl (C=O) groups excluding carboxylic acids is 1. The van der Waals surface area contributed by atoms with Crippen molar-refractivity contribution in [1.82, 2.24) is 10.2 Å². The molecule has 1 saturated heterocycles. The molecule has 4 nitrogen and oxygen atoms in total. The second-order valence-electron chi connectivity index (χ2n) is 7.00. The molecular weight excluding hydrogens is 284 g/mol. The standard InChI is InChI=1S/C16H28N2O2S/c1-12-9-14(11-21-12)17-10-13-5-7-18(8-6-13)15(19)20-16(2,3)4/h5,12,14,17H,6-11H2,1-4H3. The lowest BCUT2D eigenvalue weighted by molar-refractivity contribution is 0.0265. The molecule has 0 aromatic rings. The Balaban J connectivity index is 1.73. The summed E-state index contributed by atoms with van der Waals surface area (Å²) in [5.41, 5.74) is 0.999. The van der Waals surface area contributed by atoms with Crippen LogP contribution in [0.2, 0.25) is 0 Å². The molecule has 1 amide bonds. The number of nitrogens with one attached hydrogen (secondary N) is 1. The molecule has 2 rings (SSSR count). The lowest BCUT2D eigenvalue weighted by atomic mass is 10.1. The van der Waals surface area contributed by atoms with Gasteiger partial charge in [-0.05, 0) is 33.6 Å². The van der Waals surface area contributed by atoms with Gasteiger partial charge in [-0.3, -0.25) is 0 Å². The van der Waals surface area contributed by atoms with Crippen LogP contribution in [0.1, 0.15) is 40.5 Å². The SMILES string of the molecule is CC1CC(NCC2=CCN(C(=O)OC(C)(C)C)CC2)CS1. The smallest absolute Gasteiger partial charge is 0.410 e. The van der Waals surface area contributed by atoms with Crippen LogP contribution in [0.3, 0.4) is 0 Å². The number of thioether (sulfide) groups is 1. The molecule has 0 bridgehead atoms. The van der Waals surface area contributed by atoms with Gasteiger partial charge in [0.1, 0.15) is 5.60 Å². The van der Waals surface area contributed by atoms with E-state index in [4.69, 9.17) is 4.74 Å². The van der Waals surface area contributed by atoms with Gasteiger partial charge >= 0.3 is 6.09 Å². The normalized spacial score (nSPS) is 26.7. The fraction of sp³-hybridized carbons (Fsp3) is 0.812. The van der Waals surface area contributed by atoms with Crippen LogP contribution in [0.5, 0.6) is 0 Å². The van der Waals surface area contributed by atoms with E-state index < -0.39 is 5.60 Å². The van der Waals surface area contributed by atoms with Crippen LogP contribution in [0.25, 0.3) is 0 Å². The molecule has 0 radical (unpaired) electrons. The van der Waals surface area contributed by atoms with Crippen molar-refractivity contribution < 1.29 is 9.53 Å². The summed E-state index contributed by atoms with van der Waals surface area (Å²) in [4.78, 5) is 13.8. The Morgan fingerprint density at radius 2 is 2.29 bits per heavy atom. The van der Waals surface area contributed by atoms with E-state index >= 15 is 0 Å². The van der Waals surface area contributed by atoms with Gasteiger partial charge in [-0.2, -0.15) is 11.8 Å². The summed E-state index contributed by atoms with van der Waals surface area (Å²) in [6, 6.07) is 0.648. The Morgan fingerprint density at radius 3 is 2.81 bits per heavy atom. The number of carbonyl (C=O) groups is 1. The Labute approximate surface area is 132 Å². The van der Waals surface area contributed by atoms with Gasteiger partial charge in [-0.25, -0.2) is 4.79 Å². The average molecular weight is 312 g/mol. The van der Waals surface area contributed by atoms with Crippen molar-refractivity contribution in [2.45, 2.75) is 57.4 Å². The fourth-order valence-electron chi connectivity index (χ4n) is 2.60. The molecule has 2 unspecified atom stereocenters. The number of amides is 1. The lowest BCUT2D eigenvalue weighted by Gasteiger charge is -2.30. The number of ether oxygens (including phenoxy) is 1. The minimum Gasteiger partial charge on any atom is -0.444 e. The zero-order chi connectivity index (χ0) is 15.5. The summed E-state index contributed by atoms with van der Waals surface area (Å²) >= 11 is 2.05. The monoisotopic (exact) mass is 312 g/mol. The maximum absolute atomic E-state index is 12.0. The maximum atomic E-state index is 12.0. The van der Waals surface area contributed by atoms with E-state index in [9.17, 15) is 4.79 Å². The minimum absolute atomic E-state index is 0.202. The molecule has 2 aliphatic rings. The largest absolute Gasteiger partial charge is 0.444 e. The van der Waals surface area contributed by atoms with E-state index in [0.717, 1.165) is 24.8 Å². The molecule has 120 valence electrons. The van der Waals surface area contributed by atoms with E-state index in [1.807, 2.05) is 20.8 Å².